The number of aliphatic hydroxyl groups is 2. The van der Waals surface area contributed by atoms with E-state index in [1.165, 1.54) is 24.8 Å². The van der Waals surface area contributed by atoms with Gasteiger partial charge in [0, 0.05) is 25.4 Å². The molecular weight excluding hydrogens is 390 g/mol. The van der Waals surface area contributed by atoms with Crippen LogP contribution in [-0.2, 0) is 9.53 Å². The molecule has 174 valence electrons. The Morgan fingerprint density at radius 2 is 1.97 bits per heavy atom. The number of morpholine rings is 1. The molecule has 31 heavy (non-hydrogen) atoms. The Bertz CT molecular complexity index is 648. The molecule has 0 aromatic heterocycles. The molecule has 3 fully saturated rings. The highest BCUT2D eigenvalue weighted by Crippen LogP contribution is 2.48. The van der Waals surface area contributed by atoms with Gasteiger partial charge in [-0.2, -0.15) is 0 Å². The van der Waals surface area contributed by atoms with Gasteiger partial charge in [-0.1, -0.05) is 43.1 Å². The van der Waals surface area contributed by atoms with Gasteiger partial charge >= 0.3 is 0 Å². The van der Waals surface area contributed by atoms with Crippen molar-refractivity contribution < 1.29 is 19.7 Å². The van der Waals surface area contributed by atoms with E-state index < -0.39 is 0 Å². The molecule has 5 atom stereocenters. The van der Waals surface area contributed by atoms with Crippen molar-refractivity contribution in [2.75, 3.05) is 26.3 Å². The van der Waals surface area contributed by atoms with Crippen LogP contribution >= 0.6 is 0 Å². The second kappa shape index (κ2) is 11.1. The summed E-state index contributed by atoms with van der Waals surface area (Å²) in [7, 11) is 0. The molecule has 1 amide bonds. The van der Waals surface area contributed by atoms with Gasteiger partial charge < -0.3 is 19.8 Å². The van der Waals surface area contributed by atoms with Gasteiger partial charge in [-0.25, -0.2) is 0 Å². The van der Waals surface area contributed by atoms with Crippen LogP contribution in [0.2, 0.25) is 0 Å². The van der Waals surface area contributed by atoms with Gasteiger partial charge in [0.2, 0.25) is 5.91 Å². The third-order valence-electron chi connectivity index (χ3n) is 8.12. The van der Waals surface area contributed by atoms with Crippen molar-refractivity contribution in [2.45, 2.75) is 82.8 Å². The molecule has 0 unspecified atom stereocenters. The van der Waals surface area contributed by atoms with Gasteiger partial charge in [-0.15, -0.1) is 0 Å². The summed E-state index contributed by atoms with van der Waals surface area (Å²) in [6.07, 6.45) is 17.5. The monoisotopic (exact) mass is 431 g/mol. The third kappa shape index (κ3) is 6.00. The van der Waals surface area contributed by atoms with Gasteiger partial charge in [0.15, 0.2) is 0 Å². The van der Waals surface area contributed by atoms with Gasteiger partial charge in [0.25, 0.3) is 0 Å². The standard InChI is InChI=1S/C26H41NO4/c28-24(20-7-2-1-3-8-20)11-10-22-23-17-19(16-21(23)18-25(22)29)6-4-5-9-26(30)27-12-14-31-15-13-27/h10-11,16,20-25,28-29H,1-9,12-15,17-18H2/t21-,22+,23-,24+,25+/m0/s1. The van der Waals surface area contributed by atoms with Crippen molar-refractivity contribution in [3.8, 4) is 0 Å². The number of nitrogens with zero attached hydrogens (tertiary/aromatic N) is 1. The first-order chi connectivity index (χ1) is 15.1. The average molecular weight is 432 g/mol. The van der Waals surface area contributed by atoms with Crippen LogP contribution in [0.1, 0.15) is 70.6 Å². The lowest BCUT2D eigenvalue weighted by atomic mass is 9.83. The molecule has 1 heterocycles. The van der Waals surface area contributed by atoms with Crippen LogP contribution in [0.4, 0.5) is 0 Å². The van der Waals surface area contributed by atoms with E-state index in [1.807, 2.05) is 11.0 Å². The summed E-state index contributed by atoms with van der Waals surface area (Å²) in [5, 5.41) is 21.2. The first-order valence-electron chi connectivity index (χ1n) is 12.7. The van der Waals surface area contributed by atoms with Crippen LogP contribution in [-0.4, -0.2) is 59.5 Å². The second-order valence-electron chi connectivity index (χ2n) is 10.2. The lowest BCUT2D eigenvalue weighted by Crippen LogP contribution is -2.40. The van der Waals surface area contributed by atoms with Gasteiger partial charge in [0.1, 0.15) is 0 Å². The molecule has 4 aliphatic rings. The maximum atomic E-state index is 12.3. The minimum atomic E-state index is -0.357. The predicted octanol–water partition coefficient (Wildman–Crippen LogP) is 3.85. The Morgan fingerprint density at radius 1 is 1.19 bits per heavy atom. The second-order valence-corrected chi connectivity index (χ2v) is 10.2. The number of allylic oxidation sites excluding steroid dienone is 2. The predicted molar refractivity (Wildman–Crippen MR) is 121 cm³/mol. The number of carbonyl (C=O) groups is 1. The summed E-state index contributed by atoms with van der Waals surface area (Å²) in [6, 6.07) is 0. The Hall–Kier alpha value is -1.17. The molecule has 1 aliphatic heterocycles. The van der Waals surface area contributed by atoms with E-state index in [4.69, 9.17) is 4.74 Å². The van der Waals surface area contributed by atoms with Crippen molar-refractivity contribution in [1.82, 2.24) is 4.90 Å². The van der Waals surface area contributed by atoms with Gasteiger partial charge in [0.05, 0.1) is 25.4 Å². The molecule has 5 nitrogen and oxygen atoms in total. The molecule has 0 aromatic carbocycles. The minimum absolute atomic E-state index is 0.167. The largest absolute Gasteiger partial charge is 0.392 e. The van der Waals surface area contributed by atoms with Crippen molar-refractivity contribution in [3.05, 3.63) is 23.8 Å². The van der Waals surface area contributed by atoms with Crippen molar-refractivity contribution in [3.63, 3.8) is 0 Å². The summed E-state index contributed by atoms with van der Waals surface area (Å²) in [5.41, 5.74) is 1.51. The van der Waals surface area contributed by atoms with Crippen LogP contribution in [0.15, 0.2) is 23.8 Å². The highest BCUT2D eigenvalue weighted by atomic mass is 16.5. The Balaban J connectivity index is 1.19. The molecule has 0 spiro atoms. The normalized spacial score (nSPS) is 33.0. The fourth-order valence-electron chi connectivity index (χ4n) is 6.26. The number of aliphatic hydroxyl groups excluding tert-OH is 2. The number of hydrogen-bond donors (Lipinski definition) is 2. The molecular formula is C26H41NO4. The quantitative estimate of drug-likeness (QED) is 0.452. The van der Waals surface area contributed by atoms with Crippen LogP contribution in [0, 0.1) is 23.7 Å². The molecule has 0 aromatic rings. The highest BCUT2D eigenvalue weighted by Gasteiger charge is 2.43. The van der Waals surface area contributed by atoms with E-state index in [9.17, 15) is 15.0 Å². The van der Waals surface area contributed by atoms with E-state index in [0.717, 1.165) is 58.0 Å². The Labute approximate surface area is 187 Å². The molecule has 0 radical (unpaired) electrons. The van der Waals surface area contributed by atoms with Crippen LogP contribution in [0.5, 0.6) is 0 Å². The first kappa shape index (κ1) is 23.0. The first-order valence-corrected chi connectivity index (χ1v) is 12.7. The molecule has 1 saturated heterocycles. The number of hydrogen-bond acceptors (Lipinski definition) is 4. The smallest absolute Gasteiger partial charge is 0.222 e. The summed E-state index contributed by atoms with van der Waals surface area (Å²) >= 11 is 0. The van der Waals surface area contributed by atoms with Gasteiger partial charge in [-0.3, -0.25) is 4.79 Å². The average Bonchev–Trinajstić information content (AvgIpc) is 3.32. The van der Waals surface area contributed by atoms with Crippen molar-refractivity contribution in [2.24, 2.45) is 23.7 Å². The number of carbonyl (C=O) groups excluding carboxylic acids is 1. The molecule has 5 heteroatoms. The number of rotatable bonds is 8. The molecule has 0 bridgehead atoms. The number of fused-ring (bicyclic) bond motifs is 1. The molecule has 2 saturated carbocycles. The topological polar surface area (TPSA) is 70.0 Å². The van der Waals surface area contributed by atoms with E-state index in [1.54, 1.807) is 0 Å². The fourth-order valence-corrected chi connectivity index (χ4v) is 6.26. The summed E-state index contributed by atoms with van der Waals surface area (Å²) in [4.78, 5) is 14.2. The Morgan fingerprint density at radius 3 is 2.74 bits per heavy atom. The zero-order valence-electron chi connectivity index (χ0n) is 19.0. The fraction of sp³-hybridized carbons (Fsp3) is 0.808. The Kier molecular flexibility index (Phi) is 8.24. The summed E-state index contributed by atoms with van der Waals surface area (Å²) in [6.45, 7) is 2.81. The highest BCUT2D eigenvalue weighted by molar-refractivity contribution is 5.76. The van der Waals surface area contributed by atoms with Crippen LogP contribution in [0.3, 0.4) is 0 Å². The van der Waals surface area contributed by atoms with Crippen LogP contribution < -0.4 is 0 Å². The van der Waals surface area contributed by atoms with E-state index >= 15 is 0 Å². The lowest BCUT2D eigenvalue weighted by Gasteiger charge is -2.26. The number of unbranched alkanes of at least 4 members (excludes halogenated alkanes) is 1. The zero-order chi connectivity index (χ0) is 21.6. The molecule has 4 rings (SSSR count). The van der Waals surface area contributed by atoms with E-state index in [0.29, 0.717) is 37.4 Å². The zero-order valence-corrected chi connectivity index (χ0v) is 19.0. The van der Waals surface area contributed by atoms with E-state index in [2.05, 4.69) is 12.2 Å². The van der Waals surface area contributed by atoms with Crippen molar-refractivity contribution in [1.29, 1.82) is 0 Å². The van der Waals surface area contributed by atoms with E-state index in [-0.39, 0.29) is 24.0 Å². The van der Waals surface area contributed by atoms with Gasteiger partial charge in [-0.05, 0) is 62.7 Å². The maximum absolute atomic E-state index is 12.3. The lowest BCUT2D eigenvalue weighted by molar-refractivity contribution is -0.135. The SMILES string of the molecule is O=C(CCCCC1=C[C@H]2C[C@@H](O)[C@H](C=C[C@@H](O)C3CCCCC3)[C@H]2C1)N1CCOCC1. The molecule has 2 N–H and O–H groups in total. The molecule has 3 aliphatic carbocycles. The van der Waals surface area contributed by atoms with Crippen molar-refractivity contribution >= 4 is 5.91 Å². The summed E-state index contributed by atoms with van der Waals surface area (Å²) in [5.74, 6) is 1.79. The third-order valence-corrected chi connectivity index (χ3v) is 8.12. The minimum Gasteiger partial charge on any atom is -0.392 e. The number of amides is 1. The maximum Gasteiger partial charge on any atom is 0.222 e. The number of ether oxygens (including phenoxy) is 1. The van der Waals surface area contributed by atoms with Crippen LogP contribution in [0.25, 0.3) is 0 Å². The summed E-state index contributed by atoms with van der Waals surface area (Å²) < 4.78 is 5.32.